The van der Waals surface area contributed by atoms with Gasteiger partial charge < -0.3 is 0 Å². The van der Waals surface area contributed by atoms with Crippen molar-refractivity contribution in [2.24, 2.45) is 0 Å². The van der Waals surface area contributed by atoms with Crippen LogP contribution in [-0.4, -0.2) is 22.4 Å². The van der Waals surface area contributed by atoms with Crippen LogP contribution >= 0.6 is 22.6 Å². The largest absolute Gasteiger partial charge is 0 e. The number of carbonyl (C=O) groups excluding carboxylic acids is 2. The summed E-state index contributed by atoms with van der Waals surface area (Å²) in [5, 5.41) is 0. The van der Waals surface area contributed by atoms with Gasteiger partial charge in [-0.1, -0.05) is 0 Å². The van der Waals surface area contributed by atoms with Gasteiger partial charge in [0.05, 0.1) is 0 Å². The second-order valence-corrected chi connectivity index (χ2v) is 7.65. The third-order valence-corrected chi connectivity index (χ3v) is 6.81. The molecule has 1 saturated heterocycles. The molecule has 0 saturated carbocycles. The number of halogens is 2. The summed E-state index contributed by atoms with van der Waals surface area (Å²) in [6.45, 7) is 0.410. The van der Waals surface area contributed by atoms with E-state index < -0.39 is 0 Å². The number of benzene rings is 1. The molecule has 1 fully saturated rings. The fourth-order valence-electron chi connectivity index (χ4n) is 1.69. The molecule has 0 aromatic heterocycles. The molecule has 3 rings (SSSR count). The van der Waals surface area contributed by atoms with E-state index in [4.69, 9.17) is 9.47 Å². The third-order valence-electron chi connectivity index (χ3n) is 2.68. The van der Waals surface area contributed by atoms with E-state index in [1.54, 1.807) is 18.2 Å². The summed E-state index contributed by atoms with van der Waals surface area (Å²) in [6.07, 6.45) is 0.366. The van der Waals surface area contributed by atoms with Gasteiger partial charge in [-0.15, -0.1) is 0 Å². The Kier molecular flexibility index (Phi) is 5.66. The van der Waals surface area contributed by atoms with Crippen molar-refractivity contribution in [2.75, 3.05) is 6.61 Å². The summed E-state index contributed by atoms with van der Waals surface area (Å²) in [5.74, 6) is 0.618. The molecule has 111 valence electrons. The molecular formula is C12H9I2NO4Rh-2. The molecule has 1 unspecified atom stereocenters. The summed E-state index contributed by atoms with van der Waals surface area (Å²) in [5.41, 5.74) is 0.489. The Labute approximate surface area is 153 Å². The smallest absolute Gasteiger partial charge is 0 e. The number of fused-ring (bicyclic) bond motifs is 1. The van der Waals surface area contributed by atoms with Gasteiger partial charge >= 0.3 is 135 Å². The fourth-order valence-corrected chi connectivity index (χ4v) is 4.36. The van der Waals surface area contributed by atoms with Crippen LogP contribution in [-0.2, 0) is 24.3 Å². The van der Waals surface area contributed by atoms with Crippen LogP contribution in [0.25, 0.3) is 0 Å². The summed E-state index contributed by atoms with van der Waals surface area (Å²) < 4.78 is 14.7. The predicted octanol–water partition coefficient (Wildman–Crippen LogP) is -1.55. The molecule has 1 atom stereocenters. The van der Waals surface area contributed by atoms with Gasteiger partial charge in [0.2, 0.25) is 0 Å². The van der Waals surface area contributed by atoms with E-state index in [-0.39, 0.29) is 56.8 Å². The first kappa shape index (κ1) is 16.4. The minimum atomic E-state index is -0.348. The summed E-state index contributed by atoms with van der Waals surface area (Å²) in [4.78, 5) is 23.6. The van der Waals surface area contributed by atoms with Crippen molar-refractivity contribution in [2.45, 2.75) is 10.5 Å². The average molecular weight is 588 g/mol. The van der Waals surface area contributed by atoms with E-state index in [1.807, 2.05) is 22.6 Å². The number of ketones is 1. The first-order valence-corrected chi connectivity index (χ1v) is 8.98. The average Bonchev–Trinajstić information content (AvgIpc) is 3.23. The Bertz CT molecular complexity index is 550. The van der Waals surface area contributed by atoms with E-state index in [0.29, 0.717) is 34.0 Å². The minimum Gasteiger partial charge on any atom is 0 e. The number of hydrogen-bond acceptors (Lipinski definition) is 5. The Balaban J connectivity index is 0.00000147. The SMILES string of the molecule is O=C1CCOc2ccc(OC(=O)[C-](I)C3N[I-]3)cc21.[Rh]. The molecular weight excluding hydrogens is 579 g/mol. The maximum Gasteiger partial charge on any atom is 0 e. The van der Waals surface area contributed by atoms with E-state index in [1.165, 1.54) is 0 Å². The van der Waals surface area contributed by atoms with Crippen LogP contribution < -0.4 is 34.5 Å². The van der Waals surface area contributed by atoms with Gasteiger partial charge in [0, 0.05) is 19.5 Å². The summed E-state index contributed by atoms with van der Waals surface area (Å²) in [7, 11) is 0. The molecule has 2 aliphatic heterocycles. The van der Waals surface area contributed by atoms with Gasteiger partial charge in [-0.3, -0.25) is 0 Å². The van der Waals surface area contributed by atoms with E-state index >= 15 is 0 Å². The van der Waals surface area contributed by atoms with Crippen LogP contribution in [0.2, 0.25) is 0 Å². The molecule has 0 spiro atoms. The normalized spacial score (nSPS) is 19.6. The van der Waals surface area contributed by atoms with Crippen LogP contribution in [0.5, 0.6) is 11.5 Å². The van der Waals surface area contributed by atoms with Crippen molar-refractivity contribution in [3.63, 3.8) is 0 Å². The summed E-state index contributed by atoms with van der Waals surface area (Å²) in [6, 6.07) is 4.90. The number of esters is 1. The quantitative estimate of drug-likeness (QED) is 0.0534. The Morgan fingerprint density at radius 2 is 2.30 bits per heavy atom. The molecule has 0 amide bonds. The van der Waals surface area contributed by atoms with E-state index in [9.17, 15) is 9.59 Å². The van der Waals surface area contributed by atoms with Crippen LogP contribution in [0.1, 0.15) is 16.8 Å². The van der Waals surface area contributed by atoms with Crippen molar-refractivity contribution in [1.82, 2.24) is 3.53 Å². The molecule has 1 N–H and O–H groups in total. The first-order valence-electron chi connectivity index (χ1n) is 5.57. The molecule has 1 aromatic carbocycles. The van der Waals surface area contributed by atoms with E-state index in [2.05, 4.69) is 3.53 Å². The van der Waals surface area contributed by atoms with Gasteiger partial charge in [0.15, 0.2) is 0 Å². The molecule has 1 radical (unpaired) electrons. The molecule has 5 nitrogen and oxygen atoms in total. The number of nitrogens with one attached hydrogen (secondary N) is 1. The Morgan fingerprint density at radius 1 is 1.55 bits per heavy atom. The molecule has 0 bridgehead atoms. The standard InChI is InChI=1S/C12H9I2NO4.Rh/c13-10(11-14-15-11)12(17)19-6-1-2-9-7(5-6)8(16)3-4-18-9;/h1-2,5,11,15H,3-4H2;/q-2;. The third kappa shape index (κ3) is 3.63. The molecule has 0 aliphatic carbocycles. The fraction of sp³-hybridized carbons (Fsp3) is 0.250. The van der Waals surface area contributed by atoms with Crippen molar-refractivity contribution in [1.29, 1.82) is 0 Å². The number of alkyl halides is 1. The summed E-state index contributed by atoms with van der Waals surface area (Å²) >= 11 is 1.95. The molecule has 2 heterocycles. The monoisotopic (exact) mass is 588 g/mol. The van der Waals surface area contributed by atoms with Gasteiger partial charge in [-0.25, -0.2) is 0 Å². The maximum absolute atomic E-state index is 11.8. The molecule has 8 heteroatoms. The topological polar surface area (TPSA) is 74.5 Å². The molecule has 2 aliphatic rings. The van der Waals surface area contributed by atoms with E-state index in [0.717, 1.165) is 0 Å². The van der Waals surface area contributed by atoms with Crippen LogP contribution in [0.15, 0.2) is 18.2 Å². The Hall–Kier alpha value is 0.0734. The molecule has 1 aromatic rings. The van der Waals surface area contributed by atoms with Crippen molar-refractivity contribution < 1.29 is 60.0 Å². The first-order chi connectivity index (χ1) is 9.15. The van der Waals surface area contributed by atoms with Crippen LogP contribution in [0.3, 0.4) is 0 Å². The number of ether oxygens (including phenoxy) is 2. The van der Waals surface area contributed by atoms with Crippen LogP contribution in [0, 0.1) is 3.92 Å². The Morgan fingerprint density at radius 3 is 3.00 bits per heavy atom. The second-order valence-electron chi connectivity index (χ2n) is 4.00. The van der Waals surface area contributed by atoms with Gasteiger partial charge in [0.25, 0.3) is 0 Å². The van der Waals surface area contributed by atoms with Crippen molar-refractivity contribution >= 4 is 34.3 Å². The number of Topliss-reactive ketones (excluding diaryl/α,β-unsaturated/α-hetero) is 1. The van der Waals surface area contributed by atoms with Crippen LogP contribution in [0.4, 0.5) is 0 Å². The van der Waals surface area contributed by atoms with Gasteiger partial charge in [-0.2, -0.15) is 0 Å². The minimum absolute atomic E-state index is 0. The molecule has 20 heavy (non-hydrogen) atoms. The second kappa shape index (κ2) is 6.89. The number of rotatable bonds is 3. The maximum atomic E-state index is 11.8. The number of hydrogen-bond donors (Lipinski definition) is 1. The van der Waals surface area contributed by atoms with Gasteiger partial charge in [-0.05, 0) is 0 Å². The van der Waals surface area contributed by atoms with Crippen molar-refractivity contribution in [3.05, 3.63) is 27.7 Å². The zero-order chi connectivity index (χ0) is 13.4. The zero-order valence-electron chi connectivity index (χ0n) is 9.95. The predicted molar refractivity (Wildman–Crippen MR) is 70.7 cm³/mol. The zero-order valence-corrected chi connectivity index (χ0v) is 15.9. The van der Waals surface area contributed by atoms with Gasteiger partial charge in [0.1, 0.15) is 0 Å². The van der Waals surface area contributed by atoms with Crippen molar-refractivity contribution in [3.8, 4) is 11.5 Å². The number of carbonyl (C=O) groups is 2.